The molecule has 10 N–H and O–H groups in total. The summed E-state index contributed by atoms with van der Waals surface area (Å²) in [7, 11) is -8.10. The lowest BCUT2D eigenvalue weighted by molar-refractivity contribution is -0.144. The van der Waals surface area contributed by atoms with Gasteiger partial charge < -0.3 is 40.8 Å². The Morgan fingerprint density at radius 3 is 2.42 bits per heavy atom. The molecule has 2 aliphatic rings. The molecule has 6 unspecified atom stereocenters. The second-order valence-electron chi connectivity index (χ2n) is 9.18. The van der Waals surface area contributed by atoms with E-state index in [1.807, 2.05) is 0 Å². The van der Waals surface area contributed by atoms with Crippen LogP contribution in [0.5, 0.6) is 0 Å². The summed E-state index contributed by atoms with van der Waals surface area (Å²) in [6.07, 6.45) is -3.84. The first-order valence-electron chi connectivity index (χ1n) is 12.3. The van der Waals surface area contributed by atoms with Crippen molar-refractivity contribution >= 4 is 49.9 Å². The van der Waals surface area contributed by atoms with Crippen LogP contribution in [0.15, 0.2) is 46.8 Å². The number of anilines is 2. The van der Waals surface area contributed by atoms with E-state index in [9.17, 15) is 39.0 Å². The number of aromatic amines is 1. The Labute approximate surface area is 248 Å². The van der Waals surface area contributed by atoms with E-state index in [0.29, 0.717) is 0 Å². The van der Waals surface area contributed by atoms with E-state index in [1.54, 1.807) is 0 Å². The Morgan fingerprint density at radius 2 is 1.69 bits per heavy atom. The molecule has 0 saturated carbocycles. The topological polar surface area (TPSA) is 341 Å². The molecule has 4 aromatic heterocycles. The number of hydrogen-bond donors (Lipinski definition) is 8. The van der Waals surface area contributed by atoms with Crippen LogP contribution >= 0.6 is 15.9 Å². The van der Waals surface area contributed by atoms with Gasteiger partial charge in [0.2, 0.25) is 24.2 Å². The lowest BCUT2D eigenvalue weighted by atomic mass is 10.3. The molecule has 23 nitrogen and oxygen atoms in total. The Bertz CT molecular complexity index is 2010. The summed E-state index contributed by atoms with van der Waals surface area (Å²) in [5, 5.41) is 31.9. The van der Waals surface area contributed by atoms with Crippen molar-refractivity contribution in [2.45, 2.75) is 24.8 Å². The molecular weight excluding hydrogens is 650 g/mol. The van der Waals surface area contributed by atoms with E-state index in [0.717, 1.165) is 28.1 Å². The van der Waals surface area contributed by atoms with Crippen molar-refractivity contribution in [3.63, 3.8) is 0 Å². The van der Waals surface area contributed by atoms with E-state index in [1.165, 1.54) is 0 Å². The number of H-pyrrole nitrogens is 1. The largest absolute Gasteiger partial charge is 0.534 e. The van der Waals surface area contributed by atoms with Gasteiger partial charge in [0.15, 0.2) is 46.1 Å². The minimum atomic E-state index is -5.23. The molecule has 0 bridgehead atoms. The number of phosphoric ester groups is 1. The monoisotopic (exact) mass is 671 g/mol. The lowest BCUT2D eigenvalue weighted by Crippen LogP contribution is -2.21. The number of aliphatic hydroxyl groups excluding tert-OH is 3. The average molecular weight is 671 g/mol. The molecule has 0 aromatic carbocycles. The van der Waals surface area contributed by atoms with E-state index in [4.69, 9.17) is 34.7 Å². The summed E-state index contributed by atoms with van der Waals surface area (Å²) >= 11 is 0. The molecule has 25 heteroatoms. The van der Waals surface area contributed by atoms with Crippen molar-refractivity contribution in [1.29, 1.82) is 0 Å². The number of hydrogen-bond acceptors (Lipinski definition) is 18. The molecule has 238 valence electrons. The van der Waals surface area contributed by atoms with Crippen LogP contribution in [-0.2, 0) is 32.4 Å². The van der Waals surface area contributed by atoms with Gasteiger partial charge in [-0.25, -0.2) is 24.5 Å². The number of nitrogens with one attached hydrogen (secondary N) is 1. The number of fused-ring (bicyclic) bond motifs is 2. The standard InChI is InChI=1S/C20H20N10O13P2/c21-13-7-14(24-2-23-13)29(3-25-7)18-11(33)12(19(42-18)39-5-44(35)36)43-45(37,38)40-1-6-9(31)10(32)17(41-6)30-4-26-8-15(30)27-20(22)28-16(8)34/h2-4,6,17-19H,1,5H2,(H9-,21,22,23,24,27,28,31,32,33,34,35,36,37,38)/p+1. The summed E-state index contributed by atoms with van der Waals surface area (Å²) in [6.45, 7) is -0.905. The van der Waals surface area contributed by atoms with Gasteiger partial charge in [-0.3, -0.25) is 33.1 Å². The molecule has 4 aromatic rings. The molecule has 0 aliphatic carbocycles. The molecular formula is C20H21N10O13P2+. The van der Waals surface area contributed by atoms with E-state index >= 15 is 0 Å². The Hall–Kier alpha value is -4.73. The number of aliphatic hydroxyl groups is 3. The highest BCUT2D eigenvalue weighted by atomic mass is 31.2. The van der Waals surface area contributed by atoms with Crippen LogP contribution in [0.3, 0.4) is 0 Å². The molecule has 0 saturated heterocycles. The van der Waals surface area contributed by atoms with Crippen LogP contribution in [0.25, 0.3) is 22.3 Å². The highest BCUT2D eigenvalue weighted by Crippen LogP contribution is 2.51. The normalized spacial score (nSPS) is 23.7. The zero-order valence-electron chi connectivity index (χ0n) is 22.1. The first-order valence-corrected chi connectivity index (χ1v) is 15.2. The van der Waals surface area contributed by atoms with Gasteiger partial charge >= 0.3 is 15.9 Å². The van der Waals surface area contributed by atoms with Crippen LogP contribution in [0.1, 0.15) is 12.5 Å². The third kappa shape index (κ3) is 5.54. The maximum atomic E-state index is 13.0. The summed E-state index contributed by atoms with van der Waals surface area (Å²) in [5.41, 5.74) is 10.6. The third-order valence-electron chi connectivity index (χ3n) is 6.33. The van der Waals surface area contributed by atoms with Gasteiger partial charge in [-0.1, -0.05) is 0 Å². The summed E-state index contributed by atoms with van der Waals surface area (Å²) < 4.78 is 52.7. The van der Waals surface area contributed by atoms with E-state index in [-0.39, 0.29) is 34.1 Å². The second kappa shape index (κ2) is 11.3. The fraction of sp³-hybridized carbons (Fsp3) is 0.300. The summed E-state index contributed by atoms with van der Waals surface area (Å²) in [6, 6.07) is 0. The van der Waals surface area contributed by atoms with Crippen molar-refractivity contribution in [1.82, 2.24) is 39.0 Å². The molecule has 0 fully saturated rings. The number of imidazole rings is 2. The highest BCUT2D eigenvalue weighted by Gasteiger charge is 2.45. The van der Waals surface area contributed by atoms with Gasteiger partial charge in [-0.05, 0) is 4.57 Å². The van der Waals surface area contributed by atoms with E-state index < -0.39 is 82.3 Å². The van der Waals surface area contributed by atoms with Crippen LogP contribution in [0.2, 0.25) is 0 Å². The minimum Gasteiger partial charge on any atom is -0.506 e. The number of rotatable bonds is 10. The van der Waals surface area contributed by atoms with Crippen molar-refractivity contribution < 1.29 is 57.5 Å². The van der Waals surface area contributed by atoms with Crippen LogP contribution in [-0.4, -0.2) is 89.5 Å². The van der Waals surface area contributed by atoms with Gasteiger partial charge in [0.05, 0.1) is 19.3 Å². The fourth-order valence-electron chi connectivity index (χ4n) is 4.38. The van der Waals surface area contributed by atoms with Gasteiger partial charge in [0, 0.05) is 0 Å². The maximum absolute atomic E-state index is 13.0. The molecule has 0 amide bonds. The van der Waals surface area contributed by atoms with Crippen LogP contribution in [0, 0.1) is 0 Å². The molecule has 0 spiro atoms. The number of phosphoric acid groups is 1. The first kappa shape index (κ1) is 30.3. The van der Waals surface area contributed by atoms with Crippen molar-refractivity contribution in [2.75, 3.05) is 24.4 Å². The van der Waals surface area contributed by atoms with Gasteiger partial charge in [-0.2, -0.15) is 9.88 Å². The predicted molar refractivity (Wildman–Crippen MR) is 145 cm³/mol. The average Bonchev–Trinajstić information content (AvgIpc) is 3.73. The number of nitrogens with two attached hydrogens (primary N) is 2. The zero-order valence-corrected chi connectivity index (χ0v) is 23.9. The van der Waals surface area contributed by atoms with Crippen molar-refractivity contribution in [2.24, 2.45) is 0 Å². The fourth-order valence-corrected chi connectivity index (χ4v) is 5.45. The maximum Gasteiger partial charge on any atom is 0.534 e. The van der Waals surface area contributed by atoms with Gasteiger partial charge in [0.1, 0.15) is 17.9 Å². The quantitative estimate of drug-likeness (QED) is 0.101. The summed E-state index contributed by atoms with van der Waals surface area (Å²) in [4.78, 5) is 53.7. The smallest absolute Gasteiger partial charge is 0.506 e. The molecule has 2 aliphatic heterocycles. The van der Waals surface area contributed by atoms with Gasteiger partial charge in [0.25, 0.3) is 11.9 Å². The summed E-state index contributed by atoms with van der Waals surface area (Å²) in [5.74, 6) is -3.45. The Kier molecular flexibility index (Phi) is 7.62. The lowest BCUT2D eigenvalue weighted by Gasteiger charge is -2.19. The van der Waals surface area contributed by atoms with E-state index in [2.05, 4.69) is 29.9 Å². The number of ether oxygens (including phenoxy) is 3. The Morgan fingerprint density at radius 1 is 1.00 bits per heavy atom. The molecule has 6 heterocycles. The SMILES string of the molecule is Nc1nc2c(ncn2C2OC(COP(=O)(O)OC3=C(O)C(n4cnc5c(N)ncnc54)OC3OC[P+](=O)O)C(O)=C2O)c(=O)[nH]1. The van der Waals surface area contributed by atoms with Crippen molar-refractivity contribution in [3.8, 4) is 0 Å². The number of nitrogens with zero attached hydrogens (tertiary/aromatic N) is 7. The van der Waals surface area contributed by atoms with Gasteiger partial charge in [-0.15, -0.1) is 0 Å². The molecule has 45 heavy (non-hydrogen) atoms. The second-order valence-corrected chi connectivity index (χ2v) is 11.5. The molecule has 6 atom stereocenters. The molecule has 6 rings (SSSR count). The van der Waals surface area contributed by atoms with Crippen LogP contribution in [0.4, 0.5) is 11.8 Å². The Balaban J connectivity index is 1.21. The third-order valence-corrected chi connectivity index (χ3v) is 7.60. The number of aromatic nitrogens is 8. The van der Waals surface area contributed by atoms with Crippen molar-refractivity contribution in [3.05, 3.63) is 52.4 Å². The highest BCUT2D eigenvalue weighted by molar-refractivity contribution is 7.47. The minimum absolute atomic E-state index is 0.00464. The predicted octanol–water partition coefficient (Wildman–Crippen LogP) is -0.184. The van der Waals surface area contributed by atoms with Crippen LogP contribution < -0.4 is 17.0 Å². The first-order chi connectivity index (χ1) is 21.3. The zero-order chi connectivity index (χ0) is 32.2. The molecule has 0 radical (unpaired) electrons. The number of nitrogen functional groups attached to an aromatic ring is 2.